The van der Waals surface area contributed by atoms with Crippen molar-refractivity contribution in [2.75, 3.05) is 18.7 Å². The molecule has 2 aromatic carbocycles. The van der Waals surface area contributed by atoms with Crippen molar-refractivity contribution in [2.45, 2.75) is 26.2 Å². The zero-order chi connectivity index (χ0) is 25.3. The Kier molecular flexibility index (Phi) is 6.69. The summed E-state index contributed by atoms with van der Waals surface area (Å²) in [6.07, 6.45) is 2.17. The average Bonchev–Trinajstić information content (AvgIpc) is 2.71. The van der Waals surface area contributed by atoms with Gasteiger partial charge >= 0.3 is 11.7 Å². The molecule has 1 heterocycles. The van der Waals surface area contributed by atoms with Gasteiger partial charge in [0.05, 0.1) is 19.1 Å². The molecule has 34 heavy (non-hydrogen) atoms. The Labute approximate surface area is 196 Å². The topological polar surface area (TPSA) is 139 Å². The van der Waals surface area contributed by atoms with Gasteiger partial charge in [0, 0.05) is 29.1 Å². The van der Waals surface area contributed by atoms with Crippen molar-refractivity contribution >= 4 is 21.7 Å². The van der Waals surface area contributed by atoms with Gasteiger partial charge in [-0.3, -0.25) is 4.79 Å². The van der Waals surface area contributed by atoms with Crippen molar-refractivity contribution in [3.8, 4) is 22.6 Å². The fourth-order valence-electron chi connectivity index (χ4n) is 3.46. The highest BCUT2D eigenvalue weighted by atomic mass is 32.2. The molecule has 10 nitrogen and oxygen atoms in total. The molecule has 3 rings (SSSR count). The van der Waals surface area contributed by atoms with Crippen LogP contribution in [0.2, 0.25) is 0 Å². The van der Waals surface area contributed by atoms with E-state index in [0.29, 0.717) is 28.3 Å². The van der Waals surface area contributed by atoms with Gasteiger partial charge in [0.15, 0.2) is 0 Å². The fraction of sp³-hybridized carbons (Fsp3) is 0.261. The molecule has 0 fully saturated rings. The molecule has 3 aromatic rings. The van der Waals surface area contributed by atoms with Crippen LogP contribution in [0.15, 0.2) is 58.3 Å². The van der Waals surface area contributed by atoms with E-state index in [2.05, 4.69) is 10.3 Å². The maximum Gasteiger partial charge on any atom is 0.332 e. The highest BCUT2D eigenvalue weighted by Crippen LogP contribution is 2.41. The lowest BCUT2D eigenvalue weighted by Gasteiger charge is -2.25. The number of ether oxygens (including phenoxy) is 1. The number of nitrogens with one attached hydrogen (secondary N) is 3. The van der Waals surface area contributed by atoms with E-state index in [-0.39, 0.29) is 5.41 Å². The highest BCUT2D eigenvalue weighted by molar-refractivity contribution is 7.89. The minimum Gasteiger partial charge on any atom is -0.496 e. The van der Waals surface area contributed by atoms with Gasteiger partial charge < -0.3 is 15.0 Å². The number of hydrogen-bond donors (Lipinski definition) is 3. The summed E-state index contributed by atoms with van der Waals surface area (Å²) in [5.74, 6) is 0.576. The number of hydrogen-bond acceptors (Lipinski definition) is 6. The molecule has 3 N–H and O–H groups in total. The lowest BCUT2D eigenvalue weighted by Crippen LogP contribution is -2.33. The Morgan fingerprint density at radius 2 is 1.71 bits per heavy atom. The summed E-state index contributed by atoms with van der Waals surface area (Å²) in [5, 5.41) is 2.44. The summed E-state index contributed by atoms with van der Waals surface area (Å²) in [5.41, 5.74) is 1.43. The number of nitrogens with zero attached hydrogens (tertiary/aromatic N) is 1. The first kappa shape index (κ1) is 24.8. The Balaban J connectivity index is 2.14. The van der Waals surface area contributed by atoms with E-state index in [0.717, 1.165) is 16.4 Å². The molecule has 11 heteroatoms. The molecule has 0 bridgehead atoms. The summed E-state index contributed by atoms with van der Waals surface area (Å²) in [6, 6.07) is 10.4. The number of rotatable bonds is 5. The average molecular weight is 487 g/mol. The van der Waals surface area contributed by atoms with Crippen molar-refractivity contribution in [1.29, 1.82) is 0 Å². The van der Waals surface area contributed by atoms with E-state index < -0.39 is 27.3 Å². The predicted molar refractivity (Wildman–Crippen MR) is 130 cm³/mol. The molecule has 2 amide bonds. The first-order valence-corrected chi connectivity index (χ1v) is 12.1. The first-order chi connectivity index (χ1) is 15.8. The second-order valence-corrected chi connectivity index (χ2v) is 10.4. The van der Waals surface area contributed by atoms with Crippen LogP contribution in [0.4, 0.5) is 10.5 Å². The van der Waals surface area contributed by atoms with Crippen molar-refractivity contribution in [2.24, 2.45) is 0 Å². The minimum absolute atomic E-state index is 0.367. The molecule has 0 radical (unpaired) electrons. The maximum atomic E-state index is 12.5. The van der Waals surface area contributed by atoms with E-state index in [1.165, 1.54) is 12.3 Å². The summed E-state index contributed by atoms with van der Waals surface area (Å²) >= 11 is 0. The van der Waals surface area contributed by atoms with Gasteiger partial charge in [-0.2, -0.15) is 0 Å². The Morgan fingerprint density at radius 3 is 2.24 bits per heavy atom. The van der Waals surface area contributed by atoms with E-state index in [1.807, 2.05) is 25.5 Å². The molecule has 0 aliphatic heterocycles. The van der Waals surface area contributed by atoms with Crippen molar-refractivity contribution in [3.05, 3.63) is 75.1 Å². The number of anilines is 1. The predicted octanol–water partition coefficient (Wildman–Crippen LogP) is 2.58. The third-order valence-electron chi connectivity index (χ3n) is 4.93. The molecule has 0 aliphatic carbocycles. The van der Waals surface area contributed by atoms with Crippen LogP contribution < -0.4 is 26.0 Å². The molecule has 180 valence electrons. The highest BCUT2D eigenvalue weighted by Gasteiger charge is 2.24. The number of aromatic nitrogens is 2. The number of benzene rings is 2. The Bertz CT molecular complexity index is 1420. The Morgan fingerprint density at radius 1 is 1.06 bits per heavy atom. The van der Waals surface area contributed by atoms with E-state index in [9.17, 15) is 22.8 Å². The zero-order valence-corrected chi connectivity index (χ0v) is 20.2. The van der Waals surface area contributed by atoms with Crippen LogP contribution in [0, 0.1) is 0 Å². The van der Waals surface area contributed by atoms with Gasteiger partial charge in [-0.1, -0.05) is 32.9 Å². The monoisotopic (exact) mass is 486 g/mol. The summed E-state index contributed by atoms with van der Waals surface area (Å²) in [7, 11) is -2.15. The van der Waals surface area contributed by atoms with Gasteiger partial charge in [-0.05, 0) is 35.2 Å². The number of sulfonamides is 1. The van der Waals surface area contributed by atoms with Crippen LogP contribution in [-0.2, 0) is 15.4 Å². The SMILES string of the molecule is COc1c(-c2ccc(NC(=O)NS(C)(=O)=O)cc2)cc(-n2c(=O)cc[nH]c2=O)cc1C(C)(C)C. The van der Waals surface area contributed by atoms with Crippen molar-refractivity contribution in [3.63, 3.8) is 0 Å². The van der Waals surface area contributed by atoms with Gasteiger partial charge in [-0.15, -0.1) is 0 Å². The summed E-state index contributed by atoms with van der Waals surface area (Å²) in [6.45, 7) is 5.97. The quantitative estimate of drug-likeness (QED) is 0.507. The normalized spacial score (nSPS) is 11.7. The number of H-pyrrole nitrogens is 1. The number of aromatic amines is 1. The van der Waals surface area contributed by atoms with E-state index in [4.69, 9.17) is 4.74 Å². The van der Waals surface area contributed by atoms with Crippen LogP contribution in [0.1, 0.15) is 26.3 Å². The molecule has 0 unspecified atom stereocenters. The zero-order valence-electron chi connectivity index (χ0n) is 19.4. The number of carbonyl (C=O) groups is 1. The van der Waals surface area contributed by atoms with Crippen LogP contribution in [-0.4, -0.2) is 37.4 Å². The van der Waals surface area contributed by atoms with Gasteiger partial charge in [0.2, 0.25) is 10.0 Å². The maximum absolute atomic E-state index is 12.5. The lowest BCUT2D eigenvalue weighted by molar-refractivity contribution is 0.256. The molecular weight excluding hydrogens is 460 g/mol. The molecule has 1 aromatic heterocycles. The second kappa shape index (κ2) is 9.18. The molecule has 0 aliphatic rings. The summed E-state index contributed by atoms with van der Waals surface area (Å²) < 4.78 is 31.0. The number of amides is 2. The first-order valence-electron chi connectivity index (χ1n) is 10.2. The molecule has 0 saturated carbocycles. The molecular formula is C23H26N4O6S. The summed E-state index contributed by atoms with van der Waals surface area (Å²) in [4.78, 5) is 39.2. The third kappa shape index (κ3) is 5.54. The lowest BCUT2D eigenvalue weighted by atomic mass is 9.83. The number of methoxy groups -OCH3 is 1. The van der Waals surface area contributed by atoms with Crippen LogP contribution in [0.5, 0.6) is 5.75 Å². The second-order valence-electron chi connectivity index (χ2n) is 8.69. The van der Waals surface area contributed by atoms with E-state index in [1.54, 1.807) is 43.5 Å². The smallest absolute Gasteiger partial charge is 0.332 e. The largest absolute Gasteiger partial charge is 0.496 e. The fourth-order valence-corrected chi connectivity index (χ4v) is 3.85. The van der Waals surface area contributed by atoms with Crippen LogP contribution >= 0.6 is 0 Å². The van der Waals surface area contributed by atoms with Crippen molar-refractivity contribution < 1.29 is 17.9 Å². The molecule has 0 saturated heterocycles. The molecule has 0 atom stereocenters. The van der Waals surface area contributed by atoms with Crippen molar-refractivity contribution in [1.82, 2.24) is 14.3 Å². The van der Waals surface area contributed by atoms with E-state index >= 15 is 0 Å². The van der Waals surface area contributed by atoms with Gasteiger partial charge in [-0.25, -0.2) is 27.3 Å². The van der Waals surface area contributed by atoms with Crippen LogP contribution in [0.3, 0.4) is 0 Å². The van der Waals surface area contributed by atoms with Gasteiger partial charge in [0.25, 0.3) is 5.56 Å². The number of carbonyl (C=O) groups excluding carboxylic acids is 1. The number of urea groups is 1. The van der Waals surface area contributed by atoms with Crippen LogP contribution in [0.25, 0.3) is 16.8 Å². The van der Waals surface area contributed by atoms with Gasteiger partial charge in [0.1, 0.15) is 5.75 Å². The standard InChI is InChI=1S/C23H26N4O6S/c1-23(2,3)18-13-16(27-19(28)10-11-24-22(27)30)12-17(20(18)33-4)14-6-8-15(9-7-14)25-21(29)26-34(5,31)32/h6-13H,1-5H3,(H,24,30)(H2,25,26,29). The minimum atomic E-state index is -3.70. The third-order valence-corrected chi connectivity index (χ3v) is 5.49. The molecule has 0 spiro atoms. The Hall–Kier alpha value is -3.86.